The van der Waals surface area contributed by atoms with Crippen LogP contribution in [0.2, 0.25) is 0 Å². The number of esters is 1. The van der Waals surface area contributed by atoms with E-state index in [2.05, 4.69) is 6.92 Å². The molecule has 0 aromatic heterocycles. The second kappa shape index (κ2) is 15.2. The van der Waals surface area contributed by atoms with Crippen molar-refractivity contribution in [3.05, 3.63) is 108 Å². The van der Waals surface area contributed by atoms with Crippen molar-refractivity contribution in [2.24, 2.45) is 0 Å². The van der Waals surface area contributed by atoms with E-state index in [-0.39, 0.29) is 21.9 Å². The maximum Gasteiger partial charge on any atom is 0.340 e. The molecule has 0 fully saturated rings. The predicted octanol–water partition coefficient (Wildman–Crippen LogP) is 7.59. The molecule has 0 bridgehead atoms. The largest absolute Gasteiger partial charge is 0.755 e. The van der Waals surface area contributed by atoms with E-state index in [1.807, 2.05) is 13.8 Å². The number of carbonyl (C=O) groups excluding carboxylic acids is 1. The van der Waals surface area contributed by atoms with Crippen LogP contribution in [-0.2, 0) is 26.0 Å². The first kappa shape index (κ1) is 33.7. The molecule has 238 valence electrons. The van der Waals surface area contributed by atoms with Crippen LogP contribution >= 0.6 is 0 Å². The Bertz CT molecular complexity index is 1720. The molecule has 0 aliphatic heterocycles. The number of nitrogens with zero attached hydrogens (tertiary/aromatic N) is 2. The number of carbonyl (C=O) groups is 1. The van der Waals surface area contributed by atoms with E-state index >= 15 is 0 Å². The number of hydrogen-bond donors (Lipinski definition) is 0. The summed E-state index contributed by atoms with van der Waals surface area (Å²) in [6, 6.07) is 24.7. The average Bonchev–Trinajstić information content (AvgIpc) is 3.03. The molecule has 0 aliphatic carbocycles. The molecule has 4 aromatic carbocycles. The van der Waals surface area contributed by atoms with Crippen molar-refractivity contribution >= 4 is 44.3 Å². The fourth-order valence-corrected chi connectivity index (χ4v) is 6.86. The minimum Gasteiger partial charge on any atom is -0.755 e. The lowest BCUT2D eigenvalue weighted by Crippen LogP contribution is -2.32. The van der Waals surface area contributed by atoms with Crippen LogP contribution in [0.25, 0.3) is 0 Å². The highest BCUT2D eigenvalue weighted by atomic mass is 32.2. The van der Waals surface area contributed by atoms with Crippen LogP contribution in [0.5, 0.6) is 11.5 Å². The van der Waals surface area contributed by atoms with Gasteiger partial charge in [0.2, 0.25) is 0 Å². The van der Waals surface area contributed by atoms with Crippen molar-refractivity contribution in [2.75, 3.05) is 22.3 Å². The molecule has 0 amide bonds. The molecule has 0 spiro atoms. The monoisotopic (exact) mass is 649 g/mol. The SMILES string of the molecule is CCCCCCN(c1ccc(Oc2ccc(N(c3ccc(C)cc3)S(=O)[O-])c(C(=O)OC)c2)cc1)S(=O)(=O)c1ccc(C)cc1. The van der Waals surface area contributed by atoms with Crippen molar-refractivity contribution in [1.29, 1.82) is 0 Å². The van der Waals surface area contributed by atoms with Crippen LogP contribution in [0.15, 0.2) is 95.9 Å². The normalized spacial score (nSPS) is 11.9. The number of ether oxygens (including phenoxy) is 2. The number of anilines is 3. The molecule has 0 saturated heterocycles. The molecule has 11 heteroatoms. The summed E-state index contributed by atoms with van der Waals surface area (Å²) >= 11 is -2.74. The van der Waals surface area contributed by atoms with Gasteiger partial charge in [-0.3, -0.25) is 12.8 Å². The molecule has 9 nitrogen and oxygen atoms in total. The van der Waals surface area contributed by atoms with Crippen molar-refractivity contribution < 1.29 is 31.4 Å². The Balaban J connectivity index is 1.63. The third-order valence-corrected chi connectivity index (χ3v) is 9.74. The summed E-state index contributed by atoms with van der Waals surface area (Å²) in [6.07, 6.45) is 3.68. The Hall–Kier alpha value is -4.19. The Morgan fingerprint density at radius 2 is 1.38 bits per heavy atom. The molecule has 0 radical (unpaired) electrons. The van der Waals surface area contributed by atoms with Crippen LogP contribution in [-0.4, -0.2) is 36.8 Å². The number of aryl methyl sites for hydroxylation is 2. The zero-order valence-electron chi connectivity index (χ0n) is 25.8. The molecular formula is C34H37N2O7S2-. The Morgan fingerprint density at radius 3 is 1.96 bits per heavy atom. The first-order valence-electron chi connectivity index (χ1n) is 14.6. The highest BCUT2D eigenvalue weighted by Crippen LogP contribution is 2.35. The van der Waals surface area contributed by atoms with Crippen molar-refractivity contribution in [1.82, 2.24) is 0 Å². The molecule has 45 heavy (non-hydrogen) atoms. The smallest absolute Gasteiger partial charge is 0.340 e. The van der Waals surface area contributed by atoms with Crippen LogP contribution in [0.1, 0.15) is 54.1 Å². The zero-order chi connectivity index (χ0) is 32.6. The number of benzene rings is 4. The molecule has 1 atom stereocenters. The number of methoxy groups -OCH3 is 1. The standard InChI is InChI=1S/C34H38N2O7S2/c1-5-6-7-8-23-35(45(40,41)31-20-11-26(3)12-21-31)27-15-17-29(18-16-27)43-30-19-22-33(32(24-30)34(37)42-4)36(44(38)39)28-13-9-25(2)10-14-28/h9-22,24H,5-8,23H2,1-4H3,(H,38,39)/p-1. The lowest BCUT2D eigenvalue weighted by molar-refractivity contribution is 0.0601. The zero-order valence-corrected chi connectivity index (χ0v) is 27.4. The molecule has 0 heterocycles. The second-order valence-corrected chi connectivity index (χ2v) is 13.2. The highest BCUT2D eigenvalue weighted by molar-refractivity contribution is 7.92. The first-order chi connectivity index (χ1) is 21.5. The fraction of sp³-hybridized carbons (Fsp3) is 0.265. The van der Waals surface area contributed by atoms with E-state index in [1.165, 1.54) is 23.5 Å². The molecule has 4 aromatic rings. The summed E-state index contributed by atoms with van der Waals surface area (Å²) in [5.41, 5.74) is 2.85. The van der Waals surface area contributed by atoms with Crippen LogP contribution < -0.4 is 13.3 Å². The summed E-state index contributed by atoms with van der Waals surface area (Å²) < 4.78 is 65.3. The van der Waals surface area contributed by atoms with Gasteiger partial charge in [-0.1, -0.05) is 61.6 Å². The fourth-order valence-electron chi connectivity index (χ4n) is 4.74. The lowest BCUT2D eigenvalue weighted by Gasteiger charge is -2.28. The summed E-state index contributed by atoms with van der Waals surface area (Å²) in [6.45, 7) is 6.23. The Morgan fingerprint density at radius 1 is 0.800 bits per heavy atom. The maximum absolute atomic E-state index is 13.7. The van der Waals surface area contributed by atoms with Gasteiger partial charge in [0.05, 0.1) is 45.9 Å². The van der Waals surface area contributed by atoms with E-state index in [4.69, 9.17) is 9.47 Å². The molecular weight excluding hydrogens is 613 g/mol. The van der Waals surface area contributed by atoms with Gasteiger partial charge in [-0.25, -0.2) is 13.2 Å². The topological polar surface area (TPSA) is 116 Å². The van der Waals surface area contributed by atoms with Gasteiger partial charge >= 0.3 is 5.97 Å². The van der Waals surface area contributed by atoms with Crippen molar-refractivity contribution in [3.63, 3.8) is 0 Å². The number of sulfonamides is 1. The van der Waals surface area contributed by atoms with Gasteiger partial charge in [0.25, 0.3) is 10.0 Å². The molecule has 1 unspecified atom stereocenters. The van der Waals surface area contributed by atoms with Gasteiger partial charge in [0.1, 0.15) is 11.5 Å². The van der Waals surface area contributed by atoms with Gasteiger partial charge in [0, 0.05) is 6.54 Å². The molecule has 4 rings (SSSR count). The minimum absolute atomic E-state index is 0.0150. The Labute approximate surface area is 267 Å². The van der Waals surface area contributed by atoms with Gasteiger partial charge in [-0.2, -0.15) is 0 Å². The third kappa shape index (κ3) is 8.30. The highest BCUT2D eigenvalue weighted by Gasteiger charge is 2.25. The number of rotatable bonds is 14. The molecule has 0 N–H and O–H groups in total. The van der Waals surface area contributed by atoms with Crippen molar-refractivity contribution in [3.8, 4) is 11.5 Å². The second-order valence-electron chi connectivity index (χ2n) is 10.6. The first-order valence-corrected chi connectivity index (χ1v) is 17.1. The third-order valence-electron chi connectivity index (χ3n) is 7.19. The van der Waals surface area contributed by atoms with E-state index in [1.54, 1.807) is 78.9 Å². The summed E-state index contributed by atoms with van der Waals surface area (Å²) in [5, 5.41) is 0. The van der Waals surface area contributed by atoms with Crippen molar-refractivity contribution in [2.45, 2.75) is 51.3 Å². The van der Waals surface area contributed by atoms with Gasteiger partial charge in [-0.15, -0.1) is 0 Å². The van der Waals surface area contributed by atoms with Gasteiger partial charge in [0.15, 0.2) is 0 Å². The minimum atomic E-state index is -3.81. The predicted molar refractivity (Wildman–Crippen MR) is 176 cm³/mol. The quantitative estimate of drug-likeness (QED) is 0.0785. The van der Waals surface area contributed by atoms with E-state index in [0.29, 0.717) is 30.1 Å². The van der Waals surface area contributed by atoms with E-state index in [0.717, 1.165) is 34.7 Å². The van der Waals surface area contributed by atoms with Gasteiger partial charge in [-0.05, 0) is 87.0 Å². The summed E-state index contributed by atoms with van der Waals surface area (Å²) in [7, 11) is -2.60. The number of hydrogen-bond acceptors (Lipinski definition) is 7. The molecule has 0 aliphatic rings. The summed E-state index contributed by atoms with van der Waals surface area (Å²) in [5.74, 6) is -0.0895. The molecule has 0 saturated carbocycles. The number of unbranched alkanes of at least 4 members (excludes halogenated alkanes) is 3. The maximum atomic E-state index is 13.7. The average molecular weight is 650 g/mol. The summed E-state index contributed by atoms with van der Waals surface area (Å²) in [4.78, 5) is 13.0. The van der Waals surface area contributed by atoms with E-state index < -0.39 is 27.3 Å². The van der Waals surface area contributed by atoms with E-state index in [9.17, 15) is 22.0 Å². The van der Waals surface area contributed by atoms with Crippen LogP contribution in [0, 0.1) is 13.8 Å². The van der Waals surface area contributed by atoms with Crippen LogP contribution in [0.3, 0.4) is 0 Å². The lowest BCUT2D eigenvalue weighted by atomic mass is 10.1. The van der Waals surface area contributed by atoms with Crippen LogP contribution in [0.4, 0.5) is 17.1 Å². The Kier molecular flexibility index (Phi) is 11.4. The van der Waals surface area contributed by atoms with Gasteiger partial charge < -0.3 is 14.0 Å².